The highest BCUT2D eigenvalue weighted by molar-refractivity contribution is 5.48. The second-order valence-electron chi connectivity index (χ2n) is 5.60. The van der Waals surface area contributed by atoms with Crippen molar-refractivity contribution in [3.63, 3.8) is 0 Å². The fraction of sp³-hybridized carbons (Fsp3) is 0.368. The van der Waals surface area contributed by atoms with E-state index in [2.05, 4.69) is 69.4 Å². The van der Waals surface area contributed by atoms with Crippen molar-refractivity contribution in [3.05, 3.63) is 64.2 Å². The zero-order valence-electron chi connectivity index (χ0n) is 13.7. The van der Waals surface area contributed by atoms with E-state index in [0.29, 0.717) is 0 Å². The highest BCUT2D eigenvalue weighted by Gasteiger charge is 2.20. The summed E-state index contributed by atoms with van der Waals surface area (Å²) >= 11 is 0. The molecule has 1 atom stereocenters. The van der Waals surface area contributed by atoms with Crippen LogP contribution in [0.1, 0.15) is 40.8 Å². The van der Waals surface area contributed by atoms with Gasteiger partial charge in [0, 0.05) is 5.56 Å². The molecule has 112 valence electrons. The molecule has 2 aromatic carbocycles. The Morgan fingerprint density at radius 1 is 1.00 bits per heavy atom. The quantitative estimate of drug-likeness (QED) is 0.882. The van der Waals surface area contributed by atoms with Crippen molar-refractivity contribution in [3.8, 4) is 5.75 Å². The minimum atomic E-state index is 0.158. The molecule has 0 aliphatic carbocycles. The second-order valence-corrected chi connectivity index (χ2v) is 5.60. The zero-order valence-corrected chi connectivity index (χ0v) is 13.7. The molecule has 0 saturated carbocycles. The van der Waals surface area contributed by atoms with Crippen molar-refractivity contribution in [2.45, 2.75) is 33.7 Å². The normalized spacial score (nSPS) is 12.2. The van der Waals surface area contributed by atoms with Crippen LogP contribution in [-0.4, -0.2) is 13.7 Å². The molecular weight excluding hydrogens is 258 g/mol. The van der Waals surface area contributed by atoms with Crippen molar-refractivity contribution in [2.24, 2.45) is 0 Å². The van der Waals surface area contributed by atoms with Gasteiger partial charge in [-0.2, -0.15) is 0 Å². The summed E-state index contributed by atoms with van der Waals surface area (Å²) in [6, 6.07) is 13.2. The minimum Gasteiger partial charge on any atom is -0.496 e. The summed E-state index contributed by atoms with van der Waals surface area (Å²) in [5, 5.41) is 3.59. The molecule has 0 radical (unpaired) electrons. The maximum absolute atomic E-state index is 5.64. The van der Waals surface area contributed by atoms with E-state index >= 15 is 0 Å². The van der Waals surface area contributed by atoms with Crippen LogP contribution in [0.15, 0.2) is 36.4 Å². The number of ether oxygens (including phenoxy) is 1. The van der Waals surface area contributed by atoms with Gasteiger partial charge in [0.1, 0.15) is 5.75 Å². The Hall–Kier alpha value is -1.80. The van der Waals surface area contributed by atoms with E-state index in [1.807, 2.05) is 0 Å². The summed E-state index contributed by atoms with van der Waals surface area (Å²) in [7, 11) is 1.75. The fourth-order valence-corrected chi connectivity index (χ4v) is 2.83. The monoisotopic (exact) mass is 283 g/mol. The Kier molecular flexibility index (Phi) is 5.03. The number of nitrogens with one attached hydrogen (secondary N) is 1. The highest BCUT2D eigenvalue weighted by atomic mass is 16.5. The Morgan fingerprint density at radius 3 is 2.24 bits per heavy atom. The summed E-state index contributed by atoms with van der Waals surface area (Å²) < 4.78 is 5.64. The maximum Gasteiger partial charge on any atom is 0.124 e. The molecule has 2 rings (SSSR count). The lowest BCUT2D eigenvalue weighted by Gasteiger charge is -2.24. The van der Waals surface area contributed by atoms with Gasteiger partial charge >= 0.3 is 0 Å². The molecule has 0 fully saturated rings. The molecule has 2 aromatic rings. The molecule has 0 aliphatic rings. The highest BCUT2D eigenvalue weighted by Crippen LogP contribution is 2.34. The van der Waals surface area contributed by atoms with Gasteiger partial charge < -0.3 is 10.1 Å². The lowest BCUT2D eigenvalue weighted by atomic mass is 9.92. The smallest absolute Gasteiger partial charge is 0.124 e. The third kappa shape index (κ3) is 3.45. The Labute approximate surface area is 128 Å². The fourth-order valence-electron chi connectivity index (χ4n) is 2.83. The average molecular weight is 283 g/mol. The predicted octanol–water partition coefficient (Wildman–Crippen LogP) is 4.32. The van der Waals surface area contributed by atoms with E-state index in [1.54, 1.807) is 7.11 Å². The van der Waals surface area contributed by atoms with Gasteiger partial charge in [-0.25, -0.2) is 0 Å². The van der Waals surface area contributed by atoms with Crippen LogP contribution in [0.4, 0.5) is 0 Å². The van der Waals surface area contributed by atoms with Crippen LogP contribution >= 0.6 is 0 Å². The summed E-state index contributed by atoms with van der Waals surface area (Å²) in [4.78, 5) is 0. The molecule has 0 amide bonds. The van der Waals surface area contributed by atoms with Crippen LogP contribution in [0.5, 0.6) is 5.75 Å². The van der Waals surface area contributed by atoms with E-state index in [0.717, 1.165) is 12.3 Å². The van der Waals surface area contributed by atoms with Crippen molar-refractivity contribution in [2.75, 3.05) is 13.7 Å². The lowest BCUT2D eigenvalue weighted by Crippen LogP contribution is -2.23. The third-order valence-corrected chi connectivity index (χ3v) is 3.82. The summed E-state index contributed by atoms with van der Waals surface area (Å²) in [5.41, 5.74) is 6.27. The number of benzene rings is 2. The first-order valence-electron chi connectivity index (χ1n) is 7.52. The summed E-state index contributed by atoms with van der Waals surface area (Å²) in [5.74, 6) is 0.957. The molecule has 1 unspecified atom stereocenters. The third-order valence-electron chi connectivity index (χ3n) is 3.82. The van der Waals surface area contributed by atoms with Crippen molar-refractivity contribution < 1.29 is 4.74 Å². The van der Waals surface area contributed by atoms with Crippen LogP contribution in [-0.2, 0) is 0 Å². The van der Waals surface area contributed by atoms with Gasteiger partial charge in [0.2, 0.25) is 0 Å². The number of aryl methyl sites for hydroxylation is 3. The van der Waals surface area contributed by atoms with Crippen LogP contribution in [0, 0.1) is 20.8 Å². The first-order chi connectivity index (χ1) is 10.1. The van der Waals surface area contributed by atoms with E-state index in [9.17, 15) is 0 Å². The van der Waals surface area contributed by atoms with E-state index in [-0.39, 0.29) is 6.04 Å². The molecular formula is C19H25NO. The Bertz CT molecular complexity index is 602. The average Bonchev–Trinajstić information content (AvgIpc) is 2.46. The number of rotatable bonds is 5. The molecule has 2 nitrogen and oxygen atoms in total. The first kappa shape index (κ1) is 15.6. The van der Waals surface area contributed by atoms with E-state index in [1.165, 1.54) is 27.8 Å². The van der Waals surface area contributed by atoms with Crippen LogP contribution < -0.4 is 10.1 Å². The summed E-state index contributed by atoms with van der Waals surface area (Å²) in [6.07, 6.45) is 0. The lowest BCUT2D eigenvalue weighted by molar-refractivity contribution is 0.403. The van der Waals surface area contributed by atoms with Crippen molar-refractivity contribution >= 4 is 0 Å². The molecule has 0 heterocycles. The van der Waals surface area contributed by atoms with Crippen molar-refractivity contribution in [1.29, 1.82) is 0 Å². The SMILES string of the molecule is CCNC(c1ccc(C)cc1)c1c(C)cc(C)cc1OC. The molecule has 0 spiro atoms. The maximum atomic E-state index is 5.64. The molecule has 2 heteroatoms. The van der Waals surface area contributed by atoms with Crippen LogP contribution in [0.25, 0.3) is 0 Å². The van der Waals surface area contributed by atoms with Gasteiger partial charge in [0.05, 0.1) is 13.2 Å². The van der Waals surface area contributed by atoms with Crippen LogP contribution in [0.2, 0.25) is 0 Å². The Balaban J connectivity index is 2.55. The molecule has 1 N–H and O–H groups in total. The number of methoxy groups -OCH3 is 1. The zero-order chi connectivity index (χ0) is 15.4. The second kappa shape index (κ2) is 6.77. The van der Waals surface area contributed by atoms with Gasteiger partial charge in [0.25, 0.3) is 0 Å². The van der Waals surface area contributed by atoms with Crippen LogP contribution in [0.3, 0.4) is 0 Å². The first-order valence-corrected chi connectivity index (χ1v) is 7.52. The number of hydrogen-bond acceptors (Lipinski definition) is 2. The van der Waals surface area contributed by atoms with Gasteiger partial charge in [-0.3, -0.25) is 0 Å². The summed E-state index contributed by atoms with van der Waals surface area (Å²) in [6.45, 7) is 9.42. The number of hydrogen-bond donors (Lipinski definition) is 1. The molecule has 0 aliphatic heterocycles. The van der Waals surface area contributed by atoms with Gasteiger partial charge in [-0.1, -0.05) is 42.8 Å². The standard InChI is InChI=1S/C19H25NO/c1-6-20-19(16-9-7-13(2)8-10-16)18-15(4)11-14(3)12-17(18)21-5/h7-12,19-20H,6H2,1-5H3. The van der Waals surface area contributed by atoms with Gasteiger partial charge in [0.15, 0.2) is 0 Å². The largest absolute Gasteiger partial charge is 0.496 e. The molecule has 0 bridgehead atoms. The Morgan fingerprint density at radius 2 is 1.67 bits per heavy atom. The topological polar surface area (TPSA) is 21.3 Å². The van der Waals surface area contributed by atoms with E-state index in [4.69, 9.17) is 4.74 Å². The minimum absolute atomic E-state index is 0.158. The van der Waals surface area contributed by atoms with Gasteiger partial charge in [-0.15, -0.1) is 0 Å². The molecule has 0 aromatic heterocycles. The molecule has 0 saturated heterocycles. The predicted molar refractivity (Wildman–Crippen MR) is 89.2 cm³/mol. The molecule has 21 heavy (non-hydrogen) atoms. The van der Waals surface area contributed by atoms with E-state index < -0.39 is 0 Å². The van der Waals surface area contributed by atoms with Crippen molar-refractivity contribution in [1.82, 2.24) is 5.32 Å². The van der Waals surface area contributed by atoms with Gasteiger partial charge in [-0.05, 0) is 50.1 Å².